The zero-order chi connectivity index (χ0) is 15.6. The van der Waals surface area contributed by atoms with Crippen molar-refractivity contribution in [3.8, 4) is 0 Å². The number of morpholine rings is 1. The molecule has 0 unspecified atom stereocenters. The molecule has 120 valence electrons. The van der Waals surface area contributed by atoms with E-state index in [0.29, 0.717) is 25.4 Å². The number of hydrogen-bond donors (Lipinski definition) is 0. The highest BCUT2D eigenvalue weighted by Crippen LogP contribution is 2.30. The minimum absolute atomic E-state index is 0.0236. The Labute approximate surface area is 135 Å². The first kappa shape index (κ1) is 14.4. The fraction of sp³-hybridized carbons (Fsp3) is 0.471. The van der Waals surface area contributed by atoms with Crippen LogP contribution in [0.25, 0.3) is 0 Å². The fourth-order valence-corrected chi connectivity index (χ4v) is 3.57. The third-order valence-corrected chi connectivity index (χ3v) is 4.69. The Morgan fingerprint density at radius 2 is 2.13 bits per heavy atom. The Kier molecular flexibility index (Phi) is 3.83. The smallest absolute Gasteiger partial charge is 0.276 e. The van der Waals surface area contributed by atoms with E-state index >= 15 is 0 Å². The summed E-state index contributed by atoms with van der Waals surface area (Å²) in [6, 6.07) is 10.2. The Hall–Kier alpha value is -2.21. The van der Waals surface area contributed by atoms with Gasteiger partial charge in [0.1, 0.15) is 0 Å². The second-order valence-corrected chi connectivity index (χ2v) is 6.19. The molecule has 2 atom stereocenters. The molecule has 6 nitrogen and oxygen atoms in total. The van der Waals surface area contributed by atoms with Crippen LogP contribution >= 0.6 is 0 Å². The van der Waals surface area contributed by atoms with Gasteiger partial charge in [0.25, 0.3) is 5.91 Å². The minimum Gasteiger partial charge on any atom is -0.374 e. The largest absolute Gasteiger partial charge is 0.374 e. The Bertz CT molecular complexity index is 685. The van der Waals surface area contributed by atoms with Crippen molar-refractivity contribution >= 4 is 5.91 Å². The summed E-state index contributed by atoms with van der Waals surface area (Å²) in [6.07, 6.45) is 5.14. The molecular weight excluding hydrogens is 292 g/mol. The average Bonchev–Trinajstić information content (AvgIpc) is 3.24. The number of rotatable bonds is 3. The van der Waals surface area contributed by atoms with Crippen LogP contribution in [0.5, 0.6) is 0 Å². The van der Waals surface area contributed by atoms with Crippen LogP contribution in [0.3, 0.4) is 0 Å². The summed E-state index contributed by atoms with van der Waals surface area (Å²) in [5, 5.41) is 8.18. The van der Waals surface area contributed by atoms with Crippen LogP contribution in [0.15, 0.2) is 36.5 Å². The Morgan fingerprint density at radius 3 is 3.00 bits per heavy atom. The zero-order valence-electron chi connectivity index (χ0n) is 13.0. The molecule has 0 spiro atoms. The molecule has 1 aliphatic heterocycles. The number of aromatic nitrogens is 3. The Balaban J connectivity index is 1.48. The van der Waals surface area contributed by atoms with Crippen LogP contribution in [0.2, 0.25) is 0 Å². The van der Waals surface area contributed by atoms with Crippen molar-refractivity contribution in [1.29, 1.82) is 0 Å². The maximum atomic E-state index is 12.8. The van der Waals surface area contributed by atoms with E-state index < -0.39 is 0 Å². The topological polar surface area (TPSA) is 60.2 Å². The lowest BCUT2D eigenvalue weighted by molar-refractivity contribution is -0.0447. The molecule has 23 heavy (non-hydrogen) atoms. The van der Waals surface area contributed by atoms with Crippen molar-refractivity contribution in [3.05, 3.63) is 47.8 Å². The normalized spacial score (nSPS) is 23.7. The number of nitrogens with zero attached hydrogens (tertiary/aromatic N) is 4. The molecule has 1 saturated heterocycles. The molecule has 0 N–H and O–H groups in total. The summed E-state index contributed by atoms with van der Waals surface area (Å²) >= 11 is 0. The third kappa shape index (κ3) is 2.86. The van der Waals surface area contributed by atoms with E-state index in [1.807, 2.05) is 35.2 Å². The van der Waals surface area contributed by atoms with Gasteiger partial charge in [-0.05, 0) is 24.8 Å². The van der Waals surface area contributed by atoms with Gasteiger partial charge >= 0.3 is 0 Å². The predicted molar refractivity (Wildman–Crippen MR) is 84.0 cm³/mol. The number of benzene rings is 1. The van der Waals surface area contributed by atoms with Gasteiger partial charge in [-0.15, -0.1) is 5.10 Å². The van der Waals surface area contributed by atoms with E-state index in [1.54, 1.807) is 10.9 Å². The average molecular weight is 312 g/mol. The molecule has 1 aliphatic carbocycles. The van der Waals surface area contributed by atoms with Gasteiger partial charge in [-0.25, -0.2) is 4.68 Å². The first-order valence-electron chi connectivity index (χ1n) is 8.18. The van der Waals surface area contributed by atoms with Gasteiger partial charge < -0.3 is 9.64 Å². The molecule has 1 saturated carbocycles. The van der Waals surface area contributed by atoms with E-state index in [4.69, 9.17) is 4.74 Å². The summed E-state index contributed by atoms with van der Waals surface area (Å²) in [4.78, 5) is 14.7. The third-order valence-electron chi connectivity index (χ3n) is 4.69. The van der Waals surface area contributed by atoms with Gasteiger partial charge in [-0.2, -0.15) is 0 Å². The molecule has 1 aromatic heterocycles. The minimum atomic E-state index is -0.0236. The molecule has 2 aromatic rings. The second kappa shape index (κ2) is 6.12. The van der Waals surface area contributed by atoms with Crippen LogP contribution < -0.4 is 0 Å². The number of carbonyl (C=O) groups excluding carboxylic acids is 1. The molecule has 2 aliphatic rings. The van der Waals surface area contributed by atoms with Gasteiger partial charge in [0, 0.05) is 6.54 Å². The maximum Gasteiger partial charge on any atom is 0.276 e. The molecule has 2 fully saturated rings. The summed E-state index contributed by atoms with van der Waals surface area (Å²) in [5.41, 5.74) is 1.56. The number of hydrogen-bond acceptors (Lipinski definition) is 4. The zero-order valence-corrected chi connectivity index (χ0v) is 13.0. The number of ether oxygens (including phenoxy) is 1. The van der Waals surface area contributed by atoms with E-state index in [0.717, 1.165) is 24.8 Å². The van der Waals surface area contributed by atoms with Gasteiger partial charge in [0.05, 0.1) is 31.5 Å². The first-order valence-corrected chi connectivity index (χ1v) is 8.18. The molecule has 0 radical (unpaired) electrons. The molecule has 2 heterocycles. The van der Waals surface area contributed by atoms with Crippen molar-refractivity contribution in [1.82, 2.24) is 19.9 Å². The summed E-state index contributed by atoms with van der Waals surface area (Å²) in [6.45, 7) is 1.88. The van der Waals surface area contributed by atoms with Crippen molar-refractivity contribution in [2.45, 2.75) is 38.0 Å². The lowest BCUT2D eigenvalue weighted by Crippen LogP contribution is -2.51. The highest BCUT2D eigenvalue weighted by Gasteiger charge is 2.39. The van der Waals surface area contributed by atoms with Crippen molar-refractivity contribution in [3.63, 3.8) is 0 Å². The van der Waals surface area contributed by atoms with Crippen LogP contribution in [-0.4, -0.2) is 51.1 Å². The number of amides is 1. The van der Waals surface area contributed by atoms with Crippen molar-refractivity contribution in [2.24, 2.45) is 0 Å². The van der Waals surface area contributed by atoms with E-state index in [1.165, 1.54) is 0 Å². The van der Waals surface area contributed by atoms with Gasteiger partial charge in [-0.3, -0.25) is 4.79 Å². The maximum absolute atomic E-state index is 12.8. The van der Waals surface area contributed by atoms with Crippen molar-refractivity contribution in [2.75, 3.05) is 13.2 Å². The van der Waals surface area contributed by atoms with E-state index in [9.17, 15) is 4.79 Å². The molecule has 6 heteroatoms. The second-order valence-electron chi connectivity index (χ2n) is 6.19. The number of carbonyl (C=O) groups is 1. The van der Waals surface area contributed by atoms with Crippen LogP contribution in [0.4, 0.5) is 0 Å². The predicted octanol–water partition coefficient (Wildman–Crippen LogP) is 1.72. The summed E-state index contributed by atoms with van der Waals surface area (Å²) < 4.78 is 7.48. The van der Waals surface area contributed by atoms with E-state index in [-0.39, 0.29) is 18.1 Å². The van der Waals surface area contributed by atoms with E-state index in [2.05, 4.69) is 10.3 Å². The molecular formula is C17H20N4O2. The lowest BCUT2D eigenvalue weighted by Gasteiger charge is -2.37. The fourth-order valence-electron chi connectivity index (χ4n) is 3.57. The Morgan fingerprint density at radius 1 is 1.26 bits per heavy atom. The van der Waals surface area contributed by atoms with Gasteiger partial charge in [0.2, 0.25) is 0 Å². The highest BCUT2D eigenvalue weighted by atomic mass is 16.5. The van der Waals surface area contributed by atoms with Crippen molar-refractivity contribution < 1.29 is 9.53 Å². The number of fused-ring (bicyclic) bond motifs is 1. The summed E-state index contributed by atoms with van der Waals surface area (Å²) in [5.74, 6) is -0.0236. The van der Waals surface area contributed by atoms with Gasteiger partial charge in [-0.1, -0.05) is 35.5 Å². The summed E-state index contributed by atoms with van der Waals surface area (Å²) in [7, 11) is 0. The quantitative estimate of drug-likeness (QED) is 0.866. The SMILES string of the molecule is O=C(c1cn(Cc2ccccc2)nn1)N1CCO[C@@H]2CCC[C@H]21. The van der Waals surface area contributed by atoms with Crippen LogP contribution in [0, 0.1) is 0 Å². The molecule has 0 bridgehead atoms. The molecule has 1 amide bonds. The monoisotopic (exact) mass is 312 g/mol. The highest BCUT2D eigenvalue weighted by molar-refractivity contribution is 5.92. The first-order chi connectivity index (χ1) is 11.3. The van der Waals surface area contributed by atoms with Crippen LogP contribution in [-0.2, 0) is 11.3 Å². The van der Waals surface area contributed by atoms with Gasteiger partial charge in [0.15, 0.2) is 5.69 Å². The molecule has 1 aromatic carbocycles. The van der Waals surface area contributed by atoms with Crippen LogP contribution in [0.1, 0.15) is 35.3 Å². The molecule has 4 rings (SSSR count). The standard InChI is InChI=1S/C17H20N4O2/c22-17(21-9-10-23-16-8-4-7-15(16)21)14-12-20(19-18-14)11-13-5-2-1-3-6-13/h1-3,5-6,12,15-16H,4,7-11H2/t15-,16-/m1/s1. The lowest BCUT2D eigenvalue weighted by atomic mass is 10.1.